The van der Waals surface area contributed by atoms with Gasteiger partial charge >= 0.3 is 5.97 Å². The van der Waals surface area contributed by atoms with Gasteiger partial charge in [0.15, 0.2) is 0 Å². The Balaban J connectivity index is 2.36. The summed E-state index contributed by atoms with van der Waals surface area (Å²) in [4.78, 5) is 24.3. The highest BCUT2D eigenvalue weighted by molar-refractivity contribution is 5.98. The lowest BCUT2D eigenvalue weighted by Crippen LogP contribution is -2.24. The maximum atomic E-state index is 11.8. The molecule has 1 amide bonds. The Morgan fingerprint density at radius 2 is 2.22 bits per heavy atom. The normalized spacial score (nSPS) is 19.0. The van der Waals surface area contributed by atoms with Gasteiger partial charge in [-0.25, -0.2) is 4.79 Å². The molecule has 1 unspecified atom stereocenters. The molecule has 1 aliphatic rings. The fourth-order valence-corrected chi connectivity index (χ4v) is 2.06. The molecule has 5 nitrogen and oxygen atoms in total. The SMILES string of the molecule is C=CC1CC(=O)N(c2cc(N)cc(C(=O)O)c2)C1. The number of carboxylic acids is 1. The molecular weight excluding hydrogens is 232 g/mol. The summed E-state index contributed by atoms with van der Waals surface area (Å²) in [6.45, 7) is 4.19. The second kappa shape index (κ2) is 4.52. The maximum absolute atomic E-state index is 11.8. The van der Waals surface area contributed by atoms with E-state index >= 15 is 0 Å². The fourth-order valence-electron chi connectivity index (χ4n) is 2.06. The van der Waals surface area contributed by atoms with Crippen LogP contribution in [0, 0.1) is 5.92 Å². The number of carbonyl (C=O) groups excluding carboxylic acids is 1. The van der Waals surface area contributed by atoms with Crippen molar-refractivity contribution in [1.29, 1.82) is 0 Å². The zero-order valence-electron chi connectivity index (χ0n) is 9.80. The quantitative estimate of drug-likeness (QED) is 0.625. The molecule has 0 radical (unpaired) electrons. The molecule has 1 aliphatic heterocycles. The minimum absolute atomic E-state index is 0.0400. The van der Waals surface area contributed by atoms with Gasteiger partial charge in [-0.1, -0.05) is 6.08 Å². The van der Waals surface area contributed by atoms with Crippen LogP contribution in [-0.2, 0) is 4.79 Å². The molecule has 5 heteroatoms. The summed E-state index contributed by atoms with van der Waals surface area (Å²) in [5.74, 6) is -0.996. The molecule has 3 N–H and O–H groups in total. The third kappa shape index (κ3) is 2.20. The van der Waals surface area contributed by atoms with E-state index in [-0.39, 0.29) is 17.4 Å². The molecule has 0 saturated carbocycles. The fraction of sp³-hybridized carbons (Fsp3) is 0.231. The predicted molar refractivity (Wildman–Crippen MR) is 68.5 cm³/mol. The van der Waals surface area contributed by atoms with E-state index in [1.807, 2.05) is 0 Å². The molecule has 0 aromatic heterocycles. The lowest BCUT2D eigenvalue weighted by molar-refractivity contribution is -0.117. The van der Waals surface area contributed by atoms with Crippen molar-refractivity contribution in [3.05, 3.63) is 36.4 Å². The van der Waals surface area contributed by atoms with E-state index in [9.17, 15) is 9.59 Å². The second-order valence-electron chi connectivity index (χ2n) is 4.32. The van der Waals surface area contributed by atoms with Crippen LogP contribution in [0.15, 0.2) is 30.9 Å². The number of nitrogens with two attached hydrogens (primary N) is 1. The van der Waals surface area contributed by atoms with Crippen LogP contribution in [0.1, 0.15) is 16.8 Å². The first kappa shape index (κ1) is 12.2. The van der Waals surface area contributed by atoms with Gasteiger partial charge < -0.3 is 15.7 Å². The Hall–Kier alpha value is -2.30. The highest BCUT2D eigenvalue weighted by Gasteiger charge is 2.29. The third-order valence-electron chi connectivity index (χ3n) is 2.99. The molecule has 2 rings (SSSR count). The highest BCUT2D eigenvalue weighted by atomic mass is 16.4. The number of hydrogen-bond donors (Lipinski definition) is 2. The Kier molecular flexibility index (Phi) is 3.06. The molecule has 1 atom stereocenters. The number of carboxylic acid groups (broad SMARTS) is 1. The zero-order chi connectivity index (χ0) is 13.3. The van der Waals surface area contributed by atoms with E-state index in [2.05, 4.69) is 6.58 Å². The van der Waals surface area contributed by atoms with Crippen molar-refractivity contribution in [2.45, 2.75) is 6.42 Å². The summed E-state index contributed by atoms with van der Waals surface area (Å²) in [6.07, 6.45) is 2.14. The van der Waals surface area contributed by atoms with Crippen LogP contribution in [0.3, 0.4) is 0 Å². The first-order valence-electron chi connectivity index (χ1n) is 5.58. The number of amides is 1. The maximum Gasteiger partial charge on any atom is 0.335 e. The number of nitrogens with zero attached hydrogens (tertiary/aromatic N) is 1. The first-order valence-corrected chi connectivity index (χ1v) is 5.58. The van der Waals surface area contributed by atoms with Crippen LogP contribution in [-0.4, -0.2) is 23.5 Å². The summed E-state index contributed by atoms with van der Waals surface area (Å²) in [5.41, 5.74) is 6.60. The number of aromatic carboxylic acids is 1. The van der Waals surface area contributed by atoms with E-state index < -0.39 is 5.97 Å². The van der Waals surface area contributed by atoms with Crippen LogP contribution in [0.5, 0.6) is 0 Å². The molecule has 1 aromatic rings. The van der Waals surface area contributed by atoms with Crippen molar-refractivity contribution in [2.24, 2.45) is 5.92 Å². The molecule has 94 valence electrons. The van der Waals surface area contributed by atoms with Gasteiger partial charge in [-0.2, -0.15) is 0 Å². The number of hydrogen-bond acceptors (Lipinski definition) is 3. The first-order chi connectivity index (χ1) is 8.51. The van der Waals surface area contributed by atoms with Crippen molar-refractivity contribution in [1.82, 2.24) is 0 Å². The van der Waals surface area contributed by atoms with Gasteiger partial charge in [-0.05, 0) is 18.2 Å². The summed E-state index contributed by atoms with van der Waals surface area (Å²) in [5, 5.41) is 8.97. The molecule has 0 bridgehead atoms. The Morgan fingerprint density at radius 1 is 1.50 bits per heavy atom. The van der Waals surface area contributed by atoms with Gasteiger partial charge in [0.1, 0.15) is 0 Å². The smallest absolute Gasteiger partial charge is 0.335 e. The van der Waals surface area contributed by atoms with E-state index in [0.29, 0.717) is 24.3 Å². The number of nitrogen functional groups attached to an aromatic ring is 1. The molecular formula is C13H14N2O3. The Morgan fingerprint density at radius 3 is 2.78 bits per heavy atom. The van der Waals surface area contributed by atoms with Crippen molar-refractivity contribution < 1.29 is 14.7 Å². The highest BCUT2D eigenvalue weighted by Crippen LogP contribution is 2.28. The second-order valence-corrected chi connectivity index (χ2v) is 4.32. The van der Waals surface area contributed by atoms with Gasteiger partial charge in [-0.3, -0.25) is 4.79 Å². The number of anilines is 2. The summed E-state index contributed by atoms with van der Waals surface area (Å²) in [6, 6.07) is 4.44. The van der Waals surface area contributed by atoms with Crippen LogP contribution >= 0.6 is 0 Å². The third-order valence-corrected chi connectivity index (χ3v) is 2.99. The van der Waals surface area contributed by atoms with Gasteiger partial charge in [0.25, 0.3) is 0 Å². The van der Waals surface area contributed by atoms with Crippen molar-refractivity contribution >= 4 is 23.3 Å². The van der Waals surface area contributed by atoms with Crippen LogP contribution in [0.2, 0.25) is 0 Å². The number of carbonyl (C=O) groups is 2. The number of rotatable bonds is 3. The van der Waals surface area contributed by atoms with Crippen molar-refractivity contribution in [3.8, 4) is 0 Å². The molecule has 18 heavy (non-hydrogen) atoms. The number of benzene rings is 1. The average molecular weight is 246 g/mol. The van der Waals surface area contributed by atoms with Crippen LogP contribution in [0.25, 0.3) is 0 Å². The van der Waals surface area contributed by atoms with Gasteiger partial charge in [0.2, 0.25) is 5.91 Å². The van der Waals surface area contributed by atoms with Crippen LogP contribution < -0.4 is 10.6 Å². The Bertz CT molecular complexity index is 525. The predicted octanol–water partition coefficient (Wildman–Crippen LogP) is 1.51. The summed E-state index contributed by atoms with van der Waals surface area (Å²) >= 11 is 0. The standard InChI is InChI=1S/C13H14N2O3/c1-2-8-3-12(16)15(7-8)11-5-9(13(17)18)4-10(14)6-11/h2,4-6,8H,1,3,7,14H2,(H,17,18). The summed E-state index contributed by atoms with van der Waals surface area (Å²) < 4.78 is 0. The van der Waals surface area contributed by atoms with Gasteiger partial charge in [0, 0.05) is 30.3 Å². The van der Waals surface area contributed by atoms with E-state index in [1.165, 1.54) is 12.1 Å². The van der Waals surface area contributed by atoms with Crippen molar-refractivity contribution in [3.63, 3.8) is 0 Å². The molecule has 0 spiro atoms. The molecule has 1 aromatic carbocycles. The van der Waals surface area contributed by atoms with Gasteiger partial charge in [0.05, 0.1) is 5.56 Å². The monoisotopic (exact) mass is 246 g/mol. The zero-order valence-corrected chi connectivity index (χ0v) is 9.80. The summed E-state index contributed by atoms with van der Waals surface area (Å²) in [7, 11) is 0. The Labute approximate surface area is 105 Å². The largest absolute Gasteiger partial charge is 0.478 e. The van der Waals surface area contributed by atoms with Crippen molar-refractivity contribution in [2.75, 3.05) is 17.2 Å². The molecule has 1 heterocycles. The van der Waals surface area contributed by atoms with Crippen LogP contribution in [0.4, 0.5) is 11.4 Å². The minimum atomic E-state index is -1.06. The van der Waals surface area contributed by atoms with E-state index in [0.717, 1.165) is 0 Å². The van der Waals surface area contributed by atoms with Gasteiger partial charge in [-0.15, -0.1) is 6.58 Å². The average Bonchev–Trinajstić information content (AvgIpc) is 2.69. The van der Waals surface area contributed by atoms with E-state index in [1.54, 1.807) is 17.0 Å². The lowest BCUT2D eigenvalue weighted by Gasteiger charge is -2.17. The molecule has 1 fully saturated rings. The topological polar surface area (TPSA) is 83.6 Å². The molecule has 0 aliphatic carbocycles. The van der Waals surface area contributed by atoms with E-state index in [4.69, 9.17) is 10.8 Å². The lowest BCUT2D eigenvalue weighted by atomic mass is 10.1. The molecule has 1 saturated heterocycles. The minimum Gasteiger partial charge on any atom is -0.478 e.